The second-order valence-corrected chi connectivity index (χ2v) is 7.82. The molecule has 2 aromatic rings. The number of hydrogen-bond acceptors (Lipinski definition) is 4. The van der Waals surface area contributed by atoms with Gasteiger partial charge in [-0.3, -0.25) is 9.59 Å². The van der Waals surface area contributed by atoms with Gasteiger partial charge in [0.25, 0.3) is 5.56 Å². The monoisotopic (exact) mass is 384 g/mol. The van der Waals surface area contributed by atoms with Crippen LogP contribution in [0.2, 0.25) is 0 Å². The van der Waals surface area contributed by atoms with Crippen LogP contribution in [-0.4, -0.2) is 52.4 Å². The highest BCUT2D eigenvalue weighted by molar-refractivity contribution is 5.78. The van der Waals surface area contributed by atoms with Gasteiger partial charge in [0.15, 0.2) is 0 Å². The zero-order valence-electron chi connectivity index (χ0n) is 16.1. The maximum absolute atomic E-state index is 13.0. The molecule has 0 unspecified atom stereocenters. The number of amides is 1. The maximum atomic E-state index is 13.0. The van der Waals surface area contributed by atoms with E-state index in [4.69, 9.17) is 4.98 Å². The van der Waals surface area contributed by atoms with E-state index < -0.39 is 0 Å². The summed E-state index contributed by atoms with van der Waals surface area (Å²) in [5, 5.41) is 0. The van der Waals surface area contributed by atoms with E-state index in [2.05, 4.69) is 9.88 Å². The summed E-state index contributed by atoms with van der Waals surface area (Å²) < 4.78 is 13.0. The lowest BCUT2D eigenvalue weighted by Crippen LogP contribution is -2.40. The summed E-state index contributed by atoms with van der Waals surface area (Å²) in [5.41, 5.74) is 2.51. The fourth-order valence-electron chi connectivity index (χ4n) is 4.07. The number of aromatic nitrogens is 2. The fraction of sp³-hybridized carbons (Fsp3) is 0.476. The maximum Gasteiger partial charge on any atom is 0.254 e. The van der Waals surface area contributed by atoms with Crippen LogP contribution in [0.1, 0.15) is 41.4 Å². The van der Waals surface area contributed by atoms with Crippen molar-refractivity contribution in [3.05, 3.63) is 63.1 Å². The van der Waals surface area contributed by atoms with E-state index in [0.29, 0.717) is 19.6 Å². The molecule has 2 aliphatic rings. The van der Waals surface area contributed by atoms with Crippen LogP contribution >= 0.6 is 0 Å². The minimum atomic E-state index is -0.297. The van der Waals surface area contributed by atoms with Crippen molar-refractivity contribution in [3.63, 3.8) is 0 Å². The van der Waals surface area contributed by atoms with Crippen molar-refractivity contribution in [2.75, 3.05) is 26.7 Å². The summed E-state index contributed by atoms with van der Waals surface area (Å²) in [7, 11) is 2.04. The number of carbonyl (C=O) groups is 1. The first-order valence-electron chi connectivity index (χ1n) is 9.82. The standard InChI is InChI=1S/C21H25FN4O2/c1-25-9-8-17-18(13-25)23-20(24-21(17)28)15-6-10-26(11-7-15)19(27)12-14-2-4-16(22)5-3-14/h2-5,15H,6-13H2,1H3,(H,23,24,28). The molecule has 0 radical (unpaired) electrons. The van der Waals surface area contributed by atoms with Gasteiger partial charge >= 0.3 is 0 Å². The first-order valence-corrected chi connectivity index (χ1v) is 9.82. The number of likely N-dealkylation sites (N-methyl/N-ethyl adjacent to an activating group) is 1. The van der Waals surface area contributed by atoms with Crippen LogP contribution in [0, 0.1) is 5.82 Å². The molecule has 4 rings (SSSR count). The van der Waals surface area contributed by atoms with Crippen molar-refractivity contribution in [1.82, 2.24) is 19.8 Å². The van der Waals surface area contributed by atoms with Gasteiger partial charge in [0, 0.05) is 37.7 Å². The second-order valence-electron chi connectivity index (χ2n) is 7.82. The number of fused-ring (bicyclic) bond motifs is 1. The zero-order valence-corrected chi connectivity index (χ0v) is 16.1. The molecule has 0 saturated carbocycles. The zero-order chi connectivity index (χ0) is 19.7. The van der Waals surface area contributed by atoms with Gasteiger partial charge in [0.2, 0.25) is 5.91 Å². The molecule has 148 valence electrons. The van der Waals surface area contributed by atoms with E-state index in [9.17, 15) is 14.0 Å². The van der Waals surface area contributed by atoms with Crippen LogP contribution < -0.4 is 5.56 Å². The molecule has 1 aromatic heterocycles. The van der Waals surface area contributed by atoms with Crippen molar-refractivity contribution in [1.29, 1.82) is 0 Å². The molecule has 0 spiro atoms. The highest BCUT2D eigenvalue weighted by Gasteiger charge is 2.27. The van der Waals surface area contributed by atoms with E-state index in [0.717, 1.165) is 48.5 Å². The summed E-state index contributed by atoms with van der Waals surface area (Å²) in [6.07, 6.45) is 2.59. The SMILES string of the molecule is CN1CCc2c(nc(C3CCN(C(=O)Cc4ccc(F)cc4)CC3)[nH]c2=O)C1. The Morgan fingerprint density at radius 2 is 1.93 bits per heavy atom. The number of hydrogen-bond donors (Lipinski definition) is 1. The Kier molecular flexibility index (Phi) is 5.26. The van der Waals surface area contributed by atoms with Gasteiger partial charge in [-0.15, -0.1) is 0 Å². The molecule has 1 fully saturated rings. The van der Waals surface area contributed by atoms with Crippen LogP contribution in [0.5, 0.6) is 0 Å². The number of aromatic amines is 1. The van der Waals surface area contributed by atoms with E-state index in [1.165, 1.54) is 12.1 Å². The summed E-state index contributed by atoms with van der Waals surface area (Å²) in [6, 6.07) is 6.06. The Hall–Kier alpha value is -2.54. The molecule has 6 nitrogen and oxygen atoms in total. The van der Waals surface area contributed by atoms with E-state index in [-0.39, 0.29) is 29.6 Å². The predicted molar refractivity (Wildman–Crippen MR) is 104 cm³/mol. The van der Waals surface area contributed by atoms with Gasteiger partial charge in [-0.2, -0.15) is 0 Å². The average molecular weight is 384 g/mol. The number of carbonyl (C=O) groups excluding carboxylic acids is 1. The molecular weight excluding hydrogens is 359 g/mol. The van der Waals surface area contributed by atoms with Crippen LogP contribution in [0.25, 0.3) is 0 Å². The van der Waals surface area contributed by atoms with Gasteiger partial charge in [-0.1, -0.05) is 12.1 Å². The third-order valence-corrected chi connectivity index (χ3v) is 5.79. The molecule has 1 amide bonds. The number of H-pyrrole nitrogens is 1. The minimum absolute atomic E-state index is 0.0112. The first-order chi connectivity index (χ1) is 13.5. The molecule has 7 heteroatoms. The number of benzene rings is 1. The van der Waals surface area contributed by atoms with Crippen molar-refractivity contribution in [2.45, 2.75) is 38.1 Å². The quantitative estimate of drug-likeness (QED) is 0.877. The normalized spacial score (nSPS) is 18.1. The van der Waals surface area contributed by atoms with Gasteiger partial charge in [-0.25, -0.2) is 9.37 Å². The van der Waals surface area contributed by atoms with Crippen molar-refractivity contribution < 1.29 is 9.18 Å². The van der Waals surface area contributed by atoms with Crippen LogP contribution in [0.15, 0.2) is 29.1 Å². The average Bonchev–Trinajstić information content (AvgIpc) is 2.69. The fourth-order valence-corrected chi connectivity index (χ4v) is 4.07. The summed E-state index contributed by atoms with van der Waals surface area (Å²) >= 11 is 0. The number of halogens is 1. The molecule has 0 bridgehead atoms. The van der Waals surface area contributed by atoms with Crippen molar-refractivity contribution >= 4 is 5.91 Å². The predicted octanol–water partition coefficient (Wildman–Crippen LogP) is 1.85. The Balaban J connectivity index is 1.39. The van der Waals surface area contributed by atoms with Crippen molar-refractivity contribution in [3.8, 4) is 0 Å². The van der Waals surface area contributed by atoms with Crippen LogP contribution in [0.4, 0.5) is 4.39 Å². The van der Waals surface area contributed by atoms with Crippen LogP contribution in [-0.2, 0) is 24.2 Å². The van der Waals surface area contributed by atoms with E-state index >= 15 is 0 Å². The van der Waals surface area contributed by atoms with E-state index in [1.807, 2.05) is 11.9 Å². The molecule has 1 aromatic carbocycles. The van der Waals surface area contributed by atoms with Gasteiger partial charge in [0.05, 0.1) is 12.1 Å². The lowest BCUT2D eigenvalue weighted by atomic mass is 9.95. The number of piperidine rings is 1. The lowest BCUT2D eigenvalue weighted by molar-refractivity contribution is -0.131. The largest absolute Gasteiger partial charge is 0.342 e. The van der Waals surface area contributed by atoms with Gasteiger partial charge in [0.1, 0.15) is 11.6 Å². The van der Waals surface area contributed by atoms with Crippen LogP contribution in [0.3, 0.4) is 0 Å². The Labute approximate surface area is 163 Å². The summed E-state index contributed by atoms with van der Waals surface area (Å²) in [6.45, 7) is 2.88. The molecule has 28 heavy (non-hydrogen) atoms. The lowest BCUT2D eigenvalue weighted by Gasteiger charge is -2.32. The molecule has 0 atom stereocenters. The smallest absolute Gasteiger partial charge is 0.254 e. The number of nitrogens with zero attached hydrogens (tertiary/aromatic N) is 3. The molecule has 3 heterocycles. The summed E-state index contributed by atoms with van der Waals surface area (Å²) in [5.74, 6) is 0.679. The third-order valence-electron chi connectivity index (χ3n) is 5.79. The van der Waals surface area contributed by atoms with Crippen molar-refractivity contribution in [2.24, 2.45) is 0 Å². The Bertz CT molecular complexity index is 917. The number of nitrogens with one attached hydrogen (secondary N) is 1. The minimum Gasteiger partial charge on any atom is -0.342 e. The molecule has 2 aliphatic heterocycles. The van der Waals surface area contributed by atoms with Gasteiger partial charge < -0.3 is 14.8 Å². The Morgan fingerprint density at radius 1 is 1.21 bits per heavy atom. The topological polar surface area (TPSA) is 69.3 Å². The summed E-state index contributed by atoms with van der Waals surface area (Å²) in [4.78, 5) is 36.7. The van der Waals surface area contributed by atoms with E-state index in [1.54, 1.807) is 12.1 Å². The first kappa shape index (κ1) is 18.8. The molecule has 1 N–H and O–H groups in total. The Morgan fingerprint density at radius 3 is 2.64 bits per heavy atom. The molecule has 0 aliphatic carbocycles. The number of likely N-dealkylation sites (tertiary alicyclic amines) is 1. The van der Waals surface area contributed by atoms with Gasteiger partial charge in [-0.05, 0) is 44.0 Å². The molecular formula is C21H25FN4O2. The second kappa shape index (κ2) is 7.83. The molecule has 1 saturated heterocycles. The number of rotatable bonds is 3. The highest BCUT2D eigenvalue weighted by atomic mass is 19.1. The third kappa shape index (κ3) is 3.99. The highest BCUT2D eigenvalue weighted by Crippen LogP contribution is 2.26.